The van der Waals surface area contributed by atoms with Crippen LogP contribution in [0.3, 0.4) is 0 Å². The number of ether oxygens (including phenoxy) is 1. The first-order chi connectivity index (χ1) is 7.02. The number of carbonyl (C=O) groups excluding carboxylic acids is 1. The van der Waals surface area contributed by atoms with Crippen molar-refractivity contribution in [1.82, 2.24) is 0 Å². The second kappa shape index (κ2) is 4.59. The van der Waals surface area contributed by atoms with Crippen molar-refractivity contribution in [3.8, 4) is 5.75 Å². The SMILES string of the molecule is CC(=O)c1ccccc1O[C@H](C)C(=O)O. The van der Waals surface area contributed by atoms with Crippen LogP contribution in [-0.4, -0.2) is 23.0 Å². The number of carboxylic acids is 1. The molecule has 0 aliphatic carbocycles. The van der Waals surface area contributed by atoms with Gasteiger partial charge in [0.1, 0.15) is 5.75 Å². The molecule has 1 N–H and O–H groups in total. The second-order valence-electron chi connectivity index (χ2n) is 3.15. The van der Waals surface area contributed by atoms with E-state index in [1.54, 1.807) is 24.3 Å². The van der Waals surface area contributed by atoms with Crippen molar-refractivity contribution in [2.45, 2.75) is 20.0 Å². The molecule has 0 radical (unpaired) electrons. The highest BCUT2D eigenvalue weighted by Gasteiger charge is 2.15. The van der Waals surface area contributed by atoms with Crippen LogP contribution < -0.4 is 4.74 Å². The molecule has 0 aromatic heterocycles. The number of carboxylic acid groups (broad SMARTS) is 1. The van der Waals surface area contributed by atoms with E-state index in [4.69, 9.17) is 9.84 Å². The van der Waals surface area contributed by atoms with Crippen molar-refractivity contribution in [3.05, 3.63) is 29.8 Å². The van der Waals surface area contributed by atoms with Crippen LogP contribution >= 0.6 is 0 Å². The number of hydrogen-bond acceptors (Lipinski definition) is 3. The van der Waals surface area contributed by atoms with Gasteiger partial charge in [-0.15, -0.1) is 0 Å². The molecule has 4 heteroatoms. The van der Waals surface area contributed by atoms with Crippen LogP contribution in [0.25, 0.3) is 0 Å². The Hall–Kier alpha value is -1.84. The Morgan fingerprint density at radius 2 is 1.93 bits per heavy atom. The van der Waals surface area contributed by atoms with Gasteiger partial charge in [0.15, 0.2) is 11.9 Å². The standard InChI is InChI=1S/C11H12O4/c1-7(12)9-5-3-4-6-10(9)15-8(2)11(13)14/h3-6,8H,1-2H3,(H,13,14)/t8-/m1/s1. The van der Waals surface area contributed by atoms with Crippen molar-refractivity contribution in [2.24, 2.45) is 0 Å². The minimum Gasteiger partial charge on any atom is -0.479 e. The van der Waals surface area contributed by atoms with E-state index >= 15 is 0 Å². The quantitative estimate of drug-likeness (QED) is 0.765. The average Bonchev–Trinajstić information content (AvgIpc) is 2.18. The summed E-state index contributed by atoms with van der Waals surface area (Å²) in [4.78, 5) is 21.8. The van der Waals surface area contributed by atoms with Gasteiger partial charge in [0.2, 0.25) is 0 Å². The van der Waals surface area contributed by atoms with E-state index in [0.717, 1.165) is 0 Å². The Kier molecular flexibility index (Phi) is 3.44. The topological polar surface area (TPSA) is 63.6 Å². The lowest BCUT2D eigenvalue weighted by molar-refractivity contribution is -0.144. The molecule has 1 aromatic carbocycles. The number of ketones is 1. The molecule has 0 amide bonds. The maximum Gasteiger partial charge on any atom is 0.344 e. The molecule has 0 heterocycles. The van der Waals surface area contributed by atoms with Gasteiger partial charge in [-0.2, -0.15) is 0 Å². The molecule has 0 aliphatic heterocycles. The predicted octanol–water partition coefficient (Wildman–Crippen LogP) is 1.74. The third kappa shape index (κ3) is 2.80. The Morgan fingerprint density at radius 3 is 2.47 bits per heavy atom. The lowest BCUT2D eigenvalue weighted by Gasteiger charge is -2.12. The Labute approximate surface area is 87.5 Å². The molecule has 4 nitrogen and oxygen atoms in total. The minimum absolute atomic E-state index is 0.150. The number of para-hydroxylation sites is 1. The summed E-state index contributed by atoms with van der Waals surface area (Å²) in [5.41, 5.74) is 0.394. The zero-order chi connectivity index (χ0) is 11.4. The van der Waals surface area contributed by atoms with Gasteiger partial charge < -0.3 is 9.84 Å². The molecule has 0 saturated heterocycles. The van der Waals surface area contributed by atoms with Gasteiger partial charge in [0.05, 0.1) is 5.56 Å². The number of rotatable bonds is 4. The maximum atomic E-state index is 11.2. The van der Waals surface area contributed by atoms with E-state index in [9.17, 15) is 9.59 Å². The van der Waals surface area contributed by atoms with Gasteiger partial charge >= 0.3 is 5.97 Å². The summed E-state index contributed by atoms with van der Waals surface area (Å²) >= 11 is 0. The fourth-order valence-corrected chi connectivity index (χ4v) is 1.10. The van der Waals surface area contributed by atoms with Crippen LogP contribution in [0.2, 0.25) is 0 Å². The van der Waals surface area contributed by atoms with Crippen LogP contribution in [0.1, 0.15) is 24.2 Å². The van der Waals surface area contributed by atoms with Crippen LogP contribution in [0, 0.1) is 0 Å². The zero-order valence-corrected chi connectivity index (χ0v) is 8.56. The molecule has 0 saturated carbocycles. The van der Waals surface area contributed by atoms with Crippen molar-refractivity contribution in [3.63, 3.8) is 0 Å². The molecule has 80 valence electrons. The Bertz CT molecular complexity index is 384. The summed E-state index contributed by atoms with van der Waals surface area (Å²) in [6.45, 7) is 2.83. The molecule has 0 fully saturated rings. The number of Topliss-reactive ketones (excluding diaryl/α,β-unsaturated/α-hetero) is 1. The third-order valence-electron chi connectivity index (χ3n) is 1.92. The average molecular weight is 208 g/mol. The lowest BCUT2D eigenvalue weighted by Crippen LogP contribution is -2.23. The highest BCUT2D eigenvalue weighted by molar-refractivity contribution is 5.96. The molecule has 0 unspecified atom stereocenters. The van der Waals surface area contributed by atoms with E-state index < -0.39 is 12.1 Å². The summed E-state index contributed by atoms with van der Waals surface area (Å²) in [7, 11) is 0. The molecule has 15 heavy (non-hydrogen) atoms. The maximum absolute atomic E-state index is 11.2. The number of benzene rings is 1. The minimum atomic E-state index is -1.06. The molecule has 1 aromatic rings. The van der Waals surface area contributed by atoms with Crippen LogP contribution in [-0.2, 0) is 4.79 Å². The van der Waals surface area contributed by atoms with Gasteiger partial charge in [-0.05, 0) is 26.0 Å². The van der Waals surface area contributed by atoms with E-state index in [1.807, 2.05) is 0 Å². The second-order valence-corrected chi connectivity index (χ2v) is 3.15. The molecular formula is C11H12O4. The summed E-state index contributed by atoms with van der Waals surface area (Å²) in [6.07, 6.45) is -0.967. The third-order valence-corrected chi connectivity index (χ3v) is 1.92. The Balaban J connectivity index is 2.94. The van der Waals surface area contributed by atoms with E-state index in [2.05, 4.69) is 0 Å². The van der Waals surface area contributed by atoms with Gasteiger partial charge in [0, 0.05) is 0 Å². The van der Waals surface area contributed by atoms with Crippen molar-refractivity contribution in [2.75, 3.05) is 0 Å². The van der Waals surface area contributed by atoms with E-state index in [1.165, 1.54) is 13.8 Å². The van der Waals surface area contributed by atoms with Crippen LogP contribution in [0.4, 0.5) is 0 Å². The summed E-state index contributed by atoms with van der Waals surface area (Å²) in [5.74, 6) is -0.906. The lowest BCUT2D eigenvalue weighted by atomic mass is 10.1. The largest absolute Gasteiger partial charge is 0.479 e. The van der Waals surface area contributed by atoms with E-state index in [-0.39, 0.29) is 5.78 Å². The molecule has 1 rings (SSSR count). The van der Waals surface area contributed by atoms with Crippen molar-refractivity contribution >= 4 is 11.8 Å². The van der Waals surface area contributed by atoms with Crippen LogP contribution in [0.5, 0.6) is 5.75 Å². The van der Waals surface area contributed by atoms with Gasteiger partial charge in [0.25, 0.3) is 0 Å². The predicted molar refractivity (Wildman–Crippen MR) is 54.2 cm³/mol. The first kappa shape index (κ1) is 11.2. The van der Waals surface area contributed by atoms with Crippen molar-refractivity contribution in [1.29, 1.82) is 0 Å². The molecule has 1 atom stereocenters. The summed E-state index contributed by atoms with van der Waals surface area (Å²) in [5, 5.41) is 8.66. The molecular weight excluding hydrogens is 196 g/mol. The van der Waals surface area contributed by atoms with Crippen LogP contribution in [0.15, 0.2) is 24.3 Å². The summed E-state index contributed by atoms with van der Waals surface area (Å²) < 4.78 is 5.15. The first-order valence-electron chi connectivity index (χ1n) is 4.52. The smallest absolute Gasteiger partial charge is 0.344 e. The number of carbonyl (C=O) groups is 2. The van der Waals surface area contributed by atoms with Gasteiger partial charge in [-0.3, -0.25) is 4.79 Å². The fraction of sp³-hybridized carbons (Fsp3) is 0.273. The number of aliphatic carboxylic acids is 1. The van der Waals surface area contributed by atoms with Gasteiger partial charge in [-0.25, -0.2) is 4.79 Å². The first-order valence-corrected chi connectivity index (χ1v) is 4.52. The van der Waals surface area contributed by atoms with Crippen molar-refractivity contribution < 1.29 is 19.4 Å². The summed E-state index contributed by atoms with van der Waals surface area (Å²) in [6, 6.07) is 6.58. The highest BCUT2D eigenvalue weighted by atomic mass is 16.5. The van der Waals surface area contributed by atoms with Gasteiger partial charge in [-0.1, -0.05) is 12.1 Å². The number of hydrogen-bond donors (Lipinski definition) is 1. The fourth-order valence-electron chi connectivity index (χ4n) is 1.10. The normalized spacial score (nSPS) is 11.9. The van der Waals surface area contributed by atoms with E-state index in [0.29, 0.717) is 11.3 Å². The highest BCUT2D eigenvalue weighted by Crippen LogP contribution is 2.19. The monoisotopic (exact) mass is 208 g/mol. The molecule has 0 bridgehead atoms. The zero-order valence-electron chi connectivity index (χ0n) is 8.56. The Morgan fingerprint density at radius 1 is 1.33 bits per heavy atom. The molecule has 0 spiro atoms. The molecule has 0 aliphatic rings.